The molecule has 4 heteroatoms. The summed E-state index contributed by atoms with van der Waals surface area (Å²) in [5.41, 5.74) is -0.553. The Labute approximate surface area is 118 Å². The first kappa shape index (κ1) is 18.4. The number of nitrogens with one attached hydrogen (secondary N) is 1. The van der Waals surface area contributed by atoms with Crippen molar-refractivity contribution in [2.24, 2.45) is 0 Å². The molecule has 0 fully saturated rings. The van der Waals surface area contributed by atoms with E-state index in [4.69, 9.17) is 4.74 Å². The SMILES string of the molecule is CCCN(CCCCC(C)(NC)C(=O)OC)C(C)C. The van der Waals surface area contributed by atoms with Gasteiger partial charge in [-0.05, 0) is 66.6 Å². The zero-order chi connectivity index (χ0) is 14.9. The van der Waals surface area contributed by atoms with Crippen molar-refractivity contribution in [3.8, 4) is 0 Å². The number of rotatable bonds is 10. The fourth-order valence-electron chi connectivity index (χ4n) is 2.26. The molecule has 1 unspecified atom stereocenters. The van der Waals surface area contributed by atoms with E-state index in [2.05, 4.69) is 31.0 Å². The third kappa shape index (κ3) is 6.39. The number of nitrogens with zero attached hydrogens (tertiary/aromatic N) is 1. The lowest BCUT2D eigenvalue weighted by Gasteiger charge is -2.28. The molecule has 0 aromatic heterocycles. The molecule has 114 valence electrons. The average molecular weight is 272 g/mol. The van der Waals surface area contributed by atoms with Crippen molar-refractivity contribution in [1.82, 2.24) is 10.2 Å². The van der Waals surface area contributed by atoms with Crippen LogP contribution >= 0.6 is 0 Å². The highest BCUT2D eigenvalue weighted by Gasteiger charge is 2.31. The second-order valence-electron chi connectivity index (χ2n) is 5.66. The molecule has 0 saturated carbocycles. The molecular weight excluding hydrogens is 240 g/mol. The second-order valence-corrected chi connectivity index (χ2v) is 5.66. The monoisotopic (exact) mass is 272 g/mol. The summed E-state index contributed by atoms with van der Waals surface area (Å²) in [4.78, 5) is 14.2. The minimum atomic E-state index is -0.553. The van der Waals surface area contributed by atoms with Crippen LogP contribution in [-0.2, 0) is 9.53 Å². The van der Waals surface area contributed by atoms with Crippen LogP contribution in [0.3, 0.4) is 0 Å². The quantitative estimate of drug-likeness (QED) is 0.490. The number of hydrogen-bond donors (Lipinski definition) is 1. The first-order valence-electron chi connectivity index (χ1n) is 7.42. The highest BCUT2D eigenvalue weighted by Crippen LogP contribution is 2.16. The van der Waals surface area contributed by atoms with Crippen molar-refractivity contribution in [3.63, 3.8) is 0 Å². The van der Waals surface area contributed by atoms with Gasteiger partial charge in [0, 0.05) is 6.04 Å². The van der Waals surface area contributed by atoms with Gasteiger partial charge in [-0.15, -0.1) is 0 Å². The summed E-state index contributed by atoms with van der Waals surface area (Å²) in [6.45, 7) is 10.9. The zero-order valence-corrected chi connectivity index (χ0v) is 13.6. The van der Waals surface area contributed by atoms with Crippen LogP contribution in [0.25, 0.3) is 0 Å². The Bertz CT molecular complexity index is 257. The first-order chi connectivity index (χ1) is 8.91. The van der Waals surface area contributed by atoms with E-state index in [1.54, 1.807) is 0 Å². The summed E-state index contributed by atoms with van der Waals surface area (Å²) in [5, 5.41) is 3.08. The van der Waals surface area contributed by atoms with Crippen LogP contribution in [0, 0.1) is 0 Å². The number of ether oxygens (including phenoxy) is 1. The van der Waals surface area contributed by atoms with E-state index >= 15 is 0 Å². The van der Waals surface area contributed by atoms with Gasteiger partial charge in [-0.2, -0.15) is 0 Å². The van der Waals surface area contributed by atoms with E-state index < -0.39 is 5.54 Å². The molecule has 0 spiro atoms. The van der Waals surface area contributed by atoms with Crippen LogP contribution in [0.1, 0.15) is 53.4 Å². The van der Waals surface area contributed by atoms with E-state index in [-0.39, 0.29) is 5.97 Å². The molecule has 4 nitrogen and oxygen atoms in total. The van der Waals surface area contributed by atoms with Gasteiger partial charge in [-0.1, -0.05) is 6.92 Å². The Hall–Kier alpha value is -0.610. The molecule has 0 bridgehead atoms. The molecule has 19 heavy (non-hydrogen) atoms. The van der Waals surface area contributed by atoms with Gasteiger partial charge in [-0.3, -0.25) is 4.79 Å². The van der Waals surface area contributed by atoms with Crippen molar-refractivity contribution in [3.05, 3.63) is 0 Å². The molecule has 1 atom stereocenters. The number of unbranched alkanes of at least 4 members (excludes halogenated alkanes) is 1. The maximum atomic E-state index is 11.7. The maximum Gasteiger partial charge on any atom is 0.325 e. The molecule has 0 heterocycles. The summed E-state index contributed by atoms with van der Waals surface area (Å²) in [6, 6.07) is 0.594. The highest BCUT2D eigenvalue weighted by molar-refractivity contribution is 5.80. The number of hydrogen-bond acceptors (Lipinski definition) is 4. The largest absolute Gasteiger partial charge is 0.468 e. The van der Waals surface area contributed by atoms with Gasteiger partial charge in [0.05, 0.1) is 7.11 Å². The molecule has 1 N–H and O–H groups in total. The van der Waals surface area contributed by atoms with Gasteiger partial charge >= 0.3 is 5.97 Å². The highest BCUT2D eigenvalue weighted by atomic mass is 16.5. The summed E-state index contributed by atoms with van der Waals surface area (Å²) in [6.07, 6.45) is 4.15. The topological polar surface area (TPSA) is 41.6 Å². The van der Waals surface area contributed by atoms with Gasteiger partial charge in [0.2, 0.25) is 0 Å². The molecule has 0 amide bonds. The Morgan fingerprint density at radius 2 is 1.95 bits per heavy atom. The lowest BCUT2D eigenvalue weighted by Crippen LogP contribution is -2.48. The van der Waals surface area contributed by atoms with Gasteiger partial charge in [0.25, 0.3) is 0 Å². The molecule has 0 rings (SSSR count). The summed E-state index contributed by atoms with van der Waals surface area (Å²) in [7, 11) is 3.26. The van der Waals surface area contributed by atoms with Gasteiger partial charge in [-0.25, -0.2) is 0 Å². The Kier molecular flexibility index (Phi) is 9.02. The fourth-order valence-corrected chi connectivity index (χ4v) is 2.26. The van der Waals surface area contributed by atoms with Crippen molar-refractivity contribution in [1.29, 1.82) is 0 Å². The molecule has 0 aromatic carbocycles. The first-order valence-corrected chi connectivity index (χ1v) is 7.42. The third-order valence-electron chi connectivity index (χ3n) is 3.80. The number of methoxy groups -OCH3 is 1. The number of carbonyl (C=O) groups is 1. The van der Waals surface area contributed by atoms with Crippen LogP contribution in [0.2, 0.25) is 0 Å². The van der Waals surface area contributed by atoms with E-state index in [0.717, 1.165) is 32.4 Å². The van der Waals surface area contributed by atoms with Crippen LogP contribution in [0.5, 0.6) is 0 Å². The van der Waals surface area contributed by atoms with Crippen molar-refractivity contribution in [2.45, 2.75) is 65.0 Å². The standard InChI is InChI=1S/C15H32N2O2/c1-7-11-17(13(2)3)12-9-8-10-15(4,16-5)14(18)19-6/h13,16H,7-12H2,1-6H3. The Balaban J connectivity index is 4.10. The second kappa shape index (κ2) is 9.32. The molecule has 0 aromatic rings. The Morgan fingerprint density at radius 3 is 2.37 bits per heavy atom. The lowest BCUT2D eigenvalue weighted by molar-refractivity contribution is -0.148. The molecule has 0 aliphatic heterocycles. The predicted molar refractivity (Wildman–Crippen MR) is 80.3 cm³/mol. The van der Waals surface area contributed by atoms with E-state index in [0.29, 0.717) is 6.04 Å². The molecule has 0 aliphatic carbocycles. The van der Waals surface area contributed by atoms with E-state index in [1.807, 2.05) is 14.0 Å². The molecule has 0 aliphatic rings. The normalized spacial score (nSPS) is 14.7. The van der Waals surface area contributed by atoms with Crippen LogP contribution in [-0.4, -0.2) is 49.7 Å². The number of likely N-dealkylation sites (N-methyl/N-ethyl adjacent to an activating group) is 1. The fraction of sp³-hybridized carbons (Fsp3) is 0.933. The molecular formula is C15H32N2O2. The zero-order valence-electron chi connectivity index (χ0n) is 13.6. The van der Waals surface area contributed by atoms with Crippen LogP contribution in [0.4, 0.5) is 0 Å². The smallest absolute Gasteiger partial charge is 0.325 e. The van der Waals surface area contributed by atoms with Crippen molar-refractivity contribution >= 4 is 5.97 Å². The summed E-state index contributed by atoms with van der Waals surface area (Å²) in [5.74, 6) is -0.177. The van der Waals surface area contributed by atoms with Gasteiger partial charge in [0.1, 0.15) is 5.54 Å². The van der Waals surface area contributed by atoms with Crippen LogP contribution in [0.15, 0.2) is 0 Å². The van der Waals surface area contributed by atoms with Gasteiger partial charge in [0.15, 0.2) is 0 Å². The summed E-state index contributed by atoms with van der Waals surface area (Å²) >= 11 is 0. The summed E-state index contributed by atoms with van der Waals surface area (Å²) < 4.78 is 4.85. The van der Waals surface area contributed by atoms with E-state index in [9.17, 15) is 4.79 Å². The molecule has 0 saturated heterocycles. The third-order valence-corrected chi connectivity index (χ3v) is 3.80. The van der Waals surface area contributed by atoms with Crippen LogP contribution < -0.4 is 5.32 Å². The lowest BCUT2D eigenvalue weighted by atomic mass is 9.95. The maximum absolute atomic E-state index is 11.7. The number of esters is 1. The average Bonchev–Trinajstić information content (AvgIpc) is 2.40. The van der Waals surface area contributed by atoms with Gasteiger partial charge < -0.3 is 15.0 Å². The molecule has 0 radical (unpaired) electrons. The minimum Gasteiger partial charge on any atom is -0.468 e. The predicted octanol–water partition coefficient (Wildman–Crippen LogP) is 2.43. The number of carbonyl (C=O) groups excluding carboxylic acids is 1. The Morgan fingerprint density at radius 1 is 1.32 bits per heavy atom. The minimum absolute atomic E-state index is 0.177. The van der Waals surface area contributed by atoms with E-state index in [1.165, 1.54) is 13.5 Å². The van der Waals surface area contributed by atoms with Crippen molar-refractivity contribution < 1.29 is 9.53 Å². The van der Waals surface area contributed by atoms with Crippen molar-refractivity contribution in [2.75, 3.05) is 27.2 Å².